The van der Waals surface area contributed by atoms with Crippen LogP contribution in [0.2, 0.25) is 0 Å². The molecular formula is C52H58O2. The number of benzene rings is 5. The van der Waals surface area contributed by atoms with Gasteiger partial charge in [-0.15, -0.1) is 0 Å². The van der Waals surface area contributed by atoms with Gasteiger partial charge in [0.1, 0.15) is 6.10 Å². The highest BCUT2D eigenvalue weighted by molar-refractivity contribution is 6.23. The van der Waals surface area contributed by atoms with Gasteiger partial charge in [0, 0.05) is 17.5 Å². The van der Waals surface area contributed by atoms with Crippen LogP contribution in [0.3, 0.4) is 0 Å². The first-order valence-corrected chi connectivity index (χ1v) is 21.3. The van der Waals surface area contributed by atoms with E-state index in [4.69, 9.17) is 4.74 Å². The molecule has 9 rings (SSSR count). The Morgan fingerprint density at radius 3 is 2.37 bits per heavy atom. The zero-order valence-electron chi connectivity index (χ0n) is 33.2. The quantitative estimate of drug-likeness (QED) is 0.0726. The summed E-state index contributed by atoms with van der Waals surface area (Å²) < 4.78 is 6.29. The molecule has 3 saturated carbocycles. The molecule has 54 heavy (non-hydrogen) atoms. The molecule has 2 nitrogen and oxygen atoms in total. The van der Waals surface area contributed by atoms with Gasteiger partial charge in [0.2, 0.25) is 0 Å². The van der Waals surface area contributed by atoms with E-state index in [0.717, 1.165) is 65.9 Å². The molecule has 4 aliphatic rings. The van der Waals surface area contributed by atoms with E-state index in [9.17, 15) is 4.79 Å². The number of carbonyl (C=O) groups excluding carboxylic acids is 1. The molecule has 2 heteroatoms. The molecule has 0 bridgehead atoms. The van der Waals surface area contributed by atoms with Crippen LogP contribution in [-0.4, -0.2) is 12.1 Å². The van der Waals surface area contributed by atoms with Crippen LogP contribution >= 0.6 is 0 Å². The Kier molecular flexibility index (Phi) is 9.16. The van der Waals surface area contributed by atoms with Gasteiger partial charge in [0.15, 0.2) is 0 Å². The van der Waals surface area contributed by atoms with Crippen molar-refractivity contribution in [2.75, 3.05) is 0 Å². The van der Waals surface area contributed by atoms with Crippen molar-refractivity contribution in [1.29, 1.82) is 0 Å². The van der Waals surface area contributed by atoms with Gasteiger partial charge in [-0.1, -0.05) is 132 Å². The fraction of sp³-hybridized carbons (Fsp3) is 0.481. The molecule has 4 aliphatic carbocycles. The number of hydrogen-bond donors (Lipinski definition) is 0. The molecule has 1 unspecified atom stereocenters. The average molecular weight is 715 g/mol. The minimum atomic E-state index is -0.225. The smallest absolute Gasteiger partial charge is 0.338 e. The third-order valence-electron chi connectivity index (χ3n) is 15.5. The maximum absolute atomic E-state index is 13.6. The predicted molar refractivity (Wildman–Crippen MR) is 225 cm³/mol. The van der Waals surface area contributed by atoms with E-state index >= 15 is 0 Å². The molecule has 0 heterocycles. The summed E-state index contributed by atoms with van der Waals surface area (Å²) in [6.45, 7) is 12.6. The van der Waals surface area contributed by atoms with Crippen LogP contribution in [0.4, 0.5) is 0 Å². The largest absolute Gasteiger partial charge is 0.458 e. The number of allylic oxidation sites excluding steroid dienone is 1. The van der Waals surface area contributed by atoms with E-state index in [0.29, 0.717) is 11.0 Å². The first kappa shape index (κ1) is 35.6. The molecule has 278 valence electrons. The summed E-state index contributed by atoms with van der Waals surface area (Å²) in [4.78, 5) is 13.6. The minimum absolute atomic E-state index is 0.0586. The van der Waals surface area contributed by atoms with Crippen LogP contribution in [0.5, 0.6) is 0 Å². The number of hydrogen-bond acceptors (Lipinski definition) is 2. The first-order chi connectivity index (χ1) is 26.1. The summed E-state index contributed by atoms with van der Waals surface area (Å²) in [5.41, 5.74) is 4.74. The lowest BCUT2D eigenvalue weighted by Crippen LogP contribution is -2.51. The second-order valence-electron chi connectivity index (χ2n) is 18.9. The Morgan fingerprint density at radius 2 is 1.56 bits per heavy atom. The lowest BCUT2D eigenvalue weighted by Gasteiger charge is -2.58. The van der Waals surface area contributed by atoms with Crippen molar-refractivity contribution in [3.05, 3.63) is 107 Å². The van der Waals surface area contributed by atoms with Gasteiger partial charge < -0.3 is 4.74 Å². The second kappa shape index (κ2) is 13.9. The molecule has 8 atom stereocenters. The van der Waals surface area contributed by atoms with Crippen molar-refractivity contribution in [1.82, 2.24) is 0 Å². The lowest BCUT2D eigenvalue weighted by atomic mass is 9.47. The van der Waals surface area contributed by atoms with Crippen LogP contribution in [0.25, 0.3) is 32.3 Å². The number of fused-ring (bicyclic) bond motifs is 5. The van der Waals surface area contributed by atoms with Crippen molar-refractivity contribution >= 4 is 38.3 Å². The highest BCUT2D eigenvalue weighted by Gasteiger charge is 2.59. The summed E-state index contributed by atoms with van der Waals surface area (Å²) in [6, 6.07) is 27.3. The second-order valence-corrected chi connectivity index (χ2v) is 18.9. The molecule has 0 spiro atoms. The van der Waals surface area contributed by atoms with Gasteiger partial charge in [-0.25, -0.2) is 4.79 Å². The monoisotopic (exact) mass is 714 g/mol. The van der Waals surface area contributed by atoms with E-state index < -0.39 is 0 Å². The van der Waals surface area contributed by atoms with Gasteiger partial charge in [0.05, 0.1) is 5.56 Å². The molecule has 0 N–H and O–H groups in total. The lowest BCUT2D eigenvalue weighted by molar-refractivity contribution is -0.0594. The van der Waals surface area contributed by atoms with Crippen molar-refractivity contribution < 1.29 is 9.53 Å². The maximum Gasteiger partial charge on any atom is 0.338 e. The highest BCUT2D eigenvalue weighted by atomic mass is 16.5. The molecule has 0 aliphatic heterocycles. The summed E-state index contributed by atoms with van der Waals surface area (Å²) in [5.74, 6) is 11.6. The number of rotatable bonds is 7. The van der Waals surface area contributed by atoms with Gasteiger partial charge in [-0.05, 0) is 148 Å². The van der Waals surface area contributed by atoms with E-state index in [-0.39, 0.29) is 17.5 Å². The summed E-state index contributed by atoms with van der Waals surface area (Å²) >= 11 is 0. The summed E-state index contributed by atoms with van der Waals surface area (Å²) in [7, 11) is 0. The molecular weight excluding hydrogens is 657 g/mol. The molecule has 0 radical (unpaired) electrons. The van der Waals surface area contributed by atoms with Gasteiger partial charge in [-0.3, -0.25) is 0 Å². The third-order valence-corrected chi connectivity index (χ3v) is 15.5. The van der Waals surface area contributed by atoms with Crippen molar-refractivity contribution in [3.8, 4) is 11.8 Å². The van der Waals surface area contributed by atoms with Crippen LogP contribution in [-0.2, 0) is 4.74 Å². The Bertz CT molecular complexity index is 2280. The number of ether oxygens (including phenoxy) is 1. The average Bonchev–Trinajstić information content (AvgIpc) is 3.54. The predicted octanol–water partition coefficient (Wildman–Crippen LogP) is 13.6. The first-order valence-electron chi connectivity index (χ1n) is 21.3. The molecule has 0 amide bonds. The normalized spacial score (nSPS) is 29.7. The summed E-state index contributed by atoms with van der Waals surface area (Å²) in [6.07, 6.45) is 16.5. The van der Waals surface area contributed by atoms with Crippen molar-refractivity contribution in [2.45, 2.75) is 111 Å². The molecule has 5 aromatic rings. The molecule has 0 saturated heterocycles. The van der Waals surface area contributed by atoms with E-state index in [2.05, 4.69) is 107 Å². The maximum atomic E-state index is 13.6. The number of esters is 1. The highest BCUT2D eigenvalue weighted by Crippen LogP contribution is 2.67. The zero-order chi connectivity index (χ0) is 37.2. The third kappa shape index (κ3) is 6.06. The van der Waals surface area contributed by atoms with Crippen molar-refractivity contribution in [3.63, 3.8) is 0 Å². The Morgan fingerprint density at radius 1 is 0.796 bits per heavy atom. The van der Waals surface area contributed by atoms with E-state index in [1.807, 2.05) is 24.3 Å². The van der Waals surface area contributed by atoms with Gasteiger partial charge in [-0.2, -0.15) is 0 Å². The topological polar surface area (TPSA) is 26.3 Å². The Balaban J connectivity index is 0.873. The van der Waals surface area contributed by atoms with Crippen LogP contribution in [0.1, 0.15) is 127 Å². The van der Waals surface area contributed by atoms with Crippen LogP contribution in [0.15, 0.2) is 90.5 Å². The zero-order valence-corrected chi connectivity index (χ0v) is 33.2. The molecule has 3 fully saturated rings. The Labute approximate surface area is 323 Å². The Hall–Kier alpha value is -4.09. The summed E-state index contributed by atoms with van der Waals surface area (Å²) in [5, 5.41) is 7.49. The minimum Gasteiger partial charge on any atom is -0.458 e. The van der Waals surface area contributed by atoms with Gasteiger partial charge >= 0.3 is 5.97 Å². The van der Waals surface area contributed by atoms with Crippen LogP contribution in [0, 0.1) is 58.2 Å². The van der Waals surface area contributed by atoms with Crippen LogP contribution < -0.4 is 0 Å². The van der Waals surface area contributed by atoms with E-state index in [1.165, 1.54) is 83.7 Å². The fourth-order valence-corrected chi connectivity index (χ4v) is 12.7. The molecule has 5 aromatic carbocycles. The standard InChI is InChI=1S/C52H58O2/c1-33(2)9-6-10-34(3)45-25-26-46-44-24-22-41-32-42(27-29-51(41,4)47(44)28-30-52(45,46)5)54-50(53)40-14-7-11-35(31-40)15-16-36-17-18-39-20-19-37-12-8-13-38-21-23-43(36)49(39)48(37)38/h7-8,11-14,17-23,31,33-34,42,44-47H,6,9-10,24-30,32H2,1-5H3/t34-,42?,44+,45-,46+,47+,51+,52-/m1/s1. The molecule has 0 aromatic heterocycles. The number of carbonyl (C=O) groups is 1. The van der Waals surface area contributed by atoms with Gasteiger partial charge in [0.25, 0.3) is 0 Å². The fourth-order valence-electron chi connectivity index (χ4n) is 12.7. The van der Waals surface area contributed by atoms with E-state index in [1.54, 1.807) is 5.57 Å². The SMILES string of the molecule is CC(C)CCC[C@@H](C)[C@H]1CC[C@H]2[C@@H]3CC=C4CC(OC(=O)c5cccc(C#Cc6ccc7ccc8cccc9ccc6c7c89)c5)CC[C@]4(C)[C@H]3CC[C@]12C. The van der Waals surface area contributed by atoms with Crippen molar-refractivity contribution in [2.24, 2.45) is 46.3 Å².